The average Bonchev–Trinajstić information content (AvgIpc) is 2.96. The van der Waals surface area contributed by atoms with Gasteiger partial charge in [-0.1, -0.05) is 12.1 Å². The third kappa shape index (κ3) is 3.64. The van der Waals surface area contributed by atoms with Crippen LogP contribution in [-0.2, 0) is 9.53 Å². The molecule has 0 amide bonds. The molecular weight excluding hydrogens is 282 g/mol. The van der Waals surface area contributed by atoms with E-state index in [1.165, 1.54) is 0 Å². The normalized spacial score (nSPS) is 17.1. The number of nitrogens with zero attached hydrogens (tertiary/aromatic N) is 2. The molecule has 3 rings (SSSR count). The topological polar surface area (TPSA) is 78.5 Å². The number of nitrogens with one attached hydrogen (secondary N) is 1. The molecule has 0 atom stereocenters. The van der Waals surface area contributed by atoms with Crippen molar-refractivity contribution in [3.63, 3.8) is 0 Å². The first-order chi connectivity index (χ1) is 10.7. The van der Waals surface area contributed by atoms with Crippen LogP contribution in [0.4, 0.5) is 0 Å². The number of carboxylic acid groups (broad SMARTS) is 1. The number of carbonyl (C=O) groups is 1. The van der Waals surface area contributed by atoms with Gasteiger partial charge >= 0.3 is 5.97 Å². The Morgan fingerprint density at radius 2 is 2.14 bits per heavy atom. The van der Waals surface area contributed by atoms with Crippen molar-refractivity contribution in [3.8, 4) is 0 Å². The summed E-state index contributed by atoms with van der Waals surface area (Å²) in [7, 11) is 0. The summed E-state index contributed by atoms with van der Waals surface area (Å²) in [5.41, 5.74) is 2.13. The molecule has 0 unspecified atom stereocenters. The van der Waals surface area contributed by atoms with E-state index in [1.807, 2.05) is 18.2 Å². The molecule has 0 bridgehead atoms. The molecule has 22 heavy (non-hydrogen) atoms. The summed E-state index contributed by atoms with van der Waals surface area (Å²) in [5, 5.41) is 8.52. The van der Waals surface area contributed by atoms with Gasteiger partial charge in [-0.15, -0.1) is 0 Å². The maximum Gasteiger partial charge on any atom is 0.329 e. The van der Waals surface area contributed by atoms with E-state index >= 15 is 0 Å². The third-order valence-corrected chi connectivity index (χ3v) is 4.16. The van der Waals surface area contributed by atoms with E-state index in [4.69, 9.17) is 14.8 Å². The molecular formula is C16H21N3O3. The average molecular weight is 303 g/mol. The Morgan fingerprint density at radius 3 is 2.86 bits per heavy atom. The van der Waals surface area contributed by atoms with E-state index in [9.17, 15) is 4.79 Å². The fraction of sp³-hybridized carbons (Fsp3) is 0.500. The molecule has 0 aliphatic carbocycles. The number of imidazole rings is 1. The lowest BCUT2D eigenvalue weighted by Gasteiger charge is -2.30. The lowest BCUT2D eigenvalue weighted by Crippen LogP contribution is -2.35. The summed E-state index contributed by atoms with van der Waals surface area (Å²) in [5.74, 6) is 0.648. The molecule has 1 aliphatic rings. The highest BCUT2D eigenvalue weighted by Crippen LogP contribution is 2.27. The van der Waals surface area contributed by atoms with E-state index in [2.05, 4.69) is 16.0 Å². The monoisotopic (exact) mass is 303 g/mol. The van der Waals surface area contributed by atoms with E-state index in [-0.39, 0.29) is 6.61 Å². The SMILES string of the molecule is O=C(O)COCCN1CCC(c2nc3ccccc3[nH]2)CC1. The number of benzene rings is 1. The minimum Gasteiger partial charge on any atom is -0.480 e. The van der Waals surface area contributed by atoms with E-state index < -0.39 is 5.97 Å². The van der Waals surface area contributed by atoms with Crippen LogP contribution in [0, 0.1) is 0 Å². The van der Waals surface area contributed by atoms with Crippen LogP contribution >= 0.6 is 0 Å². The third-order valence-electron chi connectivity index (χ3n) is 4.16. The van der Waals surface area contributed by atoms with Crippen LogP contribution in [0.2, 0.25) is 0 Å². The Morgan fingerprint density at radius 1 is 1.36 bits per heavy atom. The van der Waals surface area contributed by atoms with E-state index in [0.717, 1.165) is 49.3 Å². The van der Waals surface area contributed by atoms with Crippen molar-refractivity contribution in [2.24, 2.45) is 0 Å². The number of aromatic amines is 1. The van der Waals surface area contributed by atoms with Gasteiger partial charge < -0.3 is 19.7 Å². The second-order valence-electron chi connectivity index (χ2n) is 5.70. The lowest BCUT2D eigenvalue weighted by molar-refractivity contribution is -0.142. The molecule has 2 N–H and O–H groups in total. The number of ether oxygens (including phenoxy) is 1. The molecule has 1 aliphatic heterocycles. The van der Waals surface area contributed by atoms with Gasteiger partial charge in [0, 0.05) is 12.5 Å². The predicted molar refractivity (Wildman–Crippen MR) is 83.0 cm³/mol. The Labute approximate surface area is 129 Å². The van der Waals surface area contributed by atoms with Gasteiger partial charge in [0.2, 0.25) is 0 Å². The number of aromatic nitrogens is 2. The zero-order chi connectivity index (χ0) is 15.4. The number of H-pyrrole nitrogens is 1. The summed E-state index contributed by atoms with van der Waals surface area (Å²) < 4.78 is 5.09. The zero-order valence-corrected chi connectivity index (χ0v) is 12.5. The highest BCUT2D eigenvalue weighted by atomic mass is 16.5. The number of rotatable bonds is 6. The summed E-state index contributed by atoms with van der Waals surface area (Å²) in [4.78, 5) is 20.8. The minimum atomic E-state index is -0.913. The first-order valence-corrected chi connectivity index (χ1v) is 7.69. The Kier molecular flexibility index (Phi) is 4.70. The van der Waals surface area contributed by atoms with Gasteiger partial charge in [-0.3, -0.25) is 0 Å². The largest absolute Gasteiger partial charge is 0.480 e. The van der Waals surface area contributed by atoms with Gasteiger partial charge in [-0.05, 0) is 38.1 Å². The number of para-hydroxylation sites is 2. The van der Waals surface area contributed by atoms with E-state index in [0.29, 0.717) is 12.5 Å². The number of likely N-dealkylation sites (tertiary alicyclic amines) is 1. The molecule has 0 spiro atoms. The number of hydrogen-bond acceptors (Lipinski definition) is 4. The van der Waals surface area contributed by atoms with Crippen molar-refractivity contribution in [3.05, 3.63) is 30.1 Å². The molecule has 1 saturated heterocycles. The van der Waals surface area contributed by atoms with Crippen LogP contribution in [0.25, 0.3) is 11.0 Å². The molecule has 2 aromatic rings. The molecule has 1 fully saturated rings. The van der Waals surface area contributed by atoms with Crippen LogP contribution < -0.4 is 0 Å². The second kappa shape index (κ2) is 6.89. The van der Waals surface area contributed by atoms with E-state index in [1.54, 1.807) is 0 Å². The standard InChI is InChI=1S/C16H21N3O3/c20-15(21)11-22-10-9-19-7-5-12(6-8-19)16-17-13-3-1-2-4-14(13)18-16/h1-4,12H,5-11H2,(H,17,18)(H,20,21). The highest BCUT2D eigenvalue weighted by molar-refractivity contribution is 5.74. The van der Waals surface area contributed by atoms with Crippen molar-refractivity contribution >= 4 is 17.0 Å². The number of aliphatic carboxylic acids is 1. The maximum atomic E-state index is 10.4. The fourth-order valence-electron chi connectivity index (χ4n) is 2.95. The molecule has 6 nitrogen and oxygen atoms in total. The van der Waals surface area contributed by atoms with Crippen LogP contribution in [0.3, 0.4) is 0 Å². The molecule has 118 valence electrons. The Balaban J connectivity index is 1.48. The number of fused-ring (bicyclic) bond motifs is 1. The van der Waals surface area contributed by atoms with Gasteiger partial charge in [-0.25, -0.2) is 9.78 Å². The number of piperidine rings is 1. The van der Waals surface area contributed by atoms with Gasteiger partial charge in [0.1, 0.15) is 12.4 Å². The first kappa shape index (κ1) is 15.0. The zero-order valence-electron chi connectivity index (χ0n) is 12.5. The summed E-state index contributed by atoms with van der Waals surface area (Å²) >= 11 is 0. The summed E-state index contributed by atoms with van der Waals surface area (Å²) in [6.45, 7) is 3.05. The first-order valence-electron chi connectivity index (χ1n) is 7.69. The smallest absolute Gasteiger partial charge is 0.329 e. The molecule has 1 aromatic heterocycles. The van der Waals surface area contributed by atoms with Crippen molar-refractivity contribution < 1.29 is 14.6 Å². The lowest BCUT2D eigenvalue weighted by atomic mass is 9.96. The summed E-state index contributed by atoms with van der Waals surface area (Å²) in [6, 6.07) is 8.11. The number of carboxylic acids is 1. The minimum absolute atomic E-state index is 0.213. The molecule has 2 heterocycles. The predicted octanol–water partition coefficient (Wildman–Crippen LogP) is 1.84. The molecule has 6 heteroatoms. The van der Waals surface area contributed by atoms with Crippen LogP contribution in [0.1, 0.15) is 24.6 Å². The Bertz CT molecular complexity index is 599. The van der Waals surface area contributed by atoms with Crippen molar-refractivity contribution in [2.45, 2.75) is 18.8 Å². The maximum absolute atomic E-state index is 10.4. The fourth-order valence-corrected chi connectivity index (χ4v) is 2.95. The van der Waals surface area contributed by atoms with Crippen LogP contribution in [0.15, 0.2) is 24.3 Å². The quantitative estimate of drug-likeness (QED) is 0.796. The van der Waals surface area contributed by atoms with Crippen molar-refractivity contribution in [1.29, 1.82) is 0 Å². The molecule has 0 saturated carbocycles. The molecule has 1 aromatic carbocycles. The summed E-state index contributed by atoms with van der Waals surface area (Å²) in [6.07, 6.45) is 2.14. The highest BCUT2D eigenvalue weighted by Gasteiger charge is 2.22. The van der Waals surface area contributed by atoms with Crippen LogP contribution in [-0.4, -0.2) is 58.8 Å². The van der Waals surface area contributed by atoms with Crippen molar-refractivity contribution in [1.82, 2.24) is 14.9 Å². The van der Waals surface area contributed by atoms with Gasteiger partial charge in [0.05, 0.1) is 17.6 Å². The van der Waals surface area contributed by atoms with Crippen molar-refractivity contribution in [2.75, 3.05) is 32.8 Å². The molecule has 0 radical (unpaired) electrons. The van der Waals surface area contributed by atoms with Gasteiger partial charge in [0.25, 0.3) is 0 Å². The number of hydrogen-bond donors (Lipinski definition) is 2. The second-order valence-corrected chi connectivity index (χ2v) is 5.70. The Hall–Kier alpha value is -1.92. The van der Waals surface area contributed by atoms with Crippen LogP contribution in [0.5, 0.6) is 0 Å². The van der Waals surface area contributed by atoms with Gasteiger partial charge in [-0.2, -0.15) is 0 Å². The van der Waals surface area contributed by atoms with Gasteiger partial charge in [0.15, 0.2) is 0 Å².